The topological polar surface area (TPSA) is 76.4 Å². The quantitative estimate of drug-likeness (QED) is 0.716. The Kier molecular flexibility index (Phi) is 2.85. The Labute approximate surface area is 99.0 Å². The molecule has 0 fully saturated rings. The van der Waals surface area contributed by atoms with E-state index in [1.54, 1.807) is 12.3 Å². The number of rotatable bonds is 2. The molecule has 0 aliphatic carbocycles. The van der Waals surface area contributed by atoms with Crippen molar-refractivity contribution in [2.75, 3.05) is 0 Å². The highest BCUT2D eigenvalue weighted by atomic mass is 35.5. The Bertz CT molecular complexity index is 455. The molecule has 1 aromatic carbocycles. The first-order chi connectivity index (χ1) is 7.59. The predicted molar refractivity (Wildman–Crippen MR) is 66.0 cm³/mol. The molecule has 0 bridgehead atoms. The van der Waals surface area contributed by atoms with Crippen LogP contribution in [0.4, 0.5) is 0 Å². The number of nitrogens with zero attached hydrogens (tertiary/aromatic N) is 1. The molecule has 0 radical (unpaired) electrons. The van der Waals surface area contributed by atoms with Gasteiger partial charge in [-0.05, 0) is 17.7 Å². The first-order valence-electron chi connectivity index (χ1n) is 4.91. The van der Waals surface area contributed by atoms with Crippen LogP contribution >= 0.6 is 11.6 Å². The Hall–Kier alpha value is -1.52. The molecular weight excluding hydrogens is 224 g/mol. The van der Waals surface area contributed by atoms with E-state index in [2.05, 4.69) is 10.3 Å². The zero-order valence-electron chi connectivity index (χ0n) is 8.65. The number of halogens is 1. The van der Waals surface area contributed by atoms with Crippen LogP contribution in [0.15, 0.2) is 41.5 Å². The van der Waals surface area contributed by atoms with Crippen LogP contribution in [0.5, 0.6) is 0 Å². The number of hydrogen-bond acceptors (Lipinski definition) is 4. The van der Waals surface area contributed by atoms with Gasteiger partial charge in [-0.3, -0.25) is 0 Å². The van der Waals surface area contributed by atoms with Crippen LogP contribution in [0, 0.1) is 0 Å². The second-order valence-electron chi connectivity index (χ2n) is 3.73. The summed E-state index contributed by atoms with van der Waals surface area (Å²) in [4.78, 5) is 4.17. The van der Waals surface area contributed by atoms with Crippen molar-refractivity contribution in [1.82, 2.24) is 5.32 Å². The molecule has 0 amide bonds. The Morgan fingerprint density at radius 3 is 2.81 bits per heavy atom. The molecular formula is C11H13ClN4. The fourth-order valence-electron chi connectivity index (χ4n) is 1.61. The number of nitrogens with two attached hydrogens (primary N) is 2. The summed E-state index contributed by atoms with van der Waals surface area (Å²) in [6.45, 7) is 0. The summed E-state index contributed by atoms with van der Waals surface area (Å²) in [7, 11) is 0. The highest BCUT2D eigenvalue weighted by Gasteiger charge is 2.24. The van der Waals surface area contributed by atoms with Gasteiger partial charge in [-0.25, -0.2) is 4.99 Å². The summed E-state index contributed by atoms with van der Waals surface area (Å²) in [6, 6.07) is 7.56. The number of benzene rings is 1. The van der Waals surface area contributed by atoms with Crippen molar-refractivity contribution in [3.63, 3.8) is 0 Å². The summed E-state index contributed by atoms with van der Waals surface area (Å²) in [6.07, 6.45) is 3.98. The van der Waals surface area contributed by atoms with E-state index in [1.165, 1.54) is 0 Å². The van der Waals surface area contributed by atoms with Crippen molar-refractivity contribution in [2.24, 2.45) is 16.5 Å². The Balaban J connectivity index is 2.24. The lowest BCUT2D eigenvalue weighted by molar-refractivity contribution is 0.542. The van der Waals surface area contributed by atoms with Crippen LogP contribution in [0.1, 0.15) is 5.56 Å². The molecule has 1 atom stereocenters. The van der Waals surface area contributed by atoms with Gasteiger partial charge in [-0.1, -0.05) is 29.8 Å². The molecule has 1 aliphatic heterocycles. The molecule has 84 valence electrons. The fourth-order valence-corrected chi connectivity index (χ4v) is 1.81. The number of nitrogens with one attached hydrogen (secondary N) is 1. The third-order valence-electron chi connectivity index (χ3n) is 2.36. The summed E-state index contributed by atoms with van der Waals surface area (Å²) in [5.41, 5.74) is 11.8. The third-order valence-corrected chi connectivity index (χ3v) is 2.73. The summed E-state index contributed by atoms with van der Waals surface area (Å²) in [5.74, 6) is 0.317. The fraction of sp³-hybridized carbons (Fsp3) is 0.182. The molecule has 5 heteroatoms. The molecule has 1 heterocycles. The zero-order valence-corrected chi connectivity index (χ0v) is 9.41. The van der Waals surface area contributed by atoms with Gasteiger partial charge in [0.2, 0.25) is 0 Å². The molecule has 16 heavy (non-hydrogen) atoms. The average molecular weight is 237 g/mol. The molecule has 2 rings (SSSR count). The SMILES string of the molecule is NC1=NC(N)(Cc2ccccc2Cl)C=CN1. The first kappa shape index (κ1) is 11.0. The number of aliphatic imine (C=N–C) groups is 1. The van der Waals surface area contributed by atoms with Crippen molar-refractivity contribution in [3.05, 3.63) is 47.1 Å². The Morgan fingerprint density at radius 1 is 1.38 bits per heavy atom. The van der Waals surface area contributed by atoms with E-state index in [9.17, 15) is 0 Å². The second kappa shape index (κ2) is 4.15. The van der Waals surface area contributed by atoms with Crippen molar-refractivity contribution in [1.29, 1.82) is 0 Å². The van der Waals surface area contributed by atoms with Gasteiger partial charge >= 0.3 is 0 Å². The van der Waals surface area contributed by atoms with Gasteiger partial charge in [0.15, 0.2) is 5.96 Å². The smallest absolute Gasteiger partial charge is 0.194 e. The standard InChI is InChI=1S/C11H13ClN4/c12-9-4-2-1-3-8(9)7-11(14)5-6-15-10(13)16-11/h1-6H,7,14H2,(H3,13,15,16). The van der Waals surface area contributed by atoms with Crippen LogP contribution in [-0.2, 0) is 6.42 Å². The highest BCUT2D eigenvalue weighted by Crippen LogP contribution is 2.22. The van der Waals surface area contributed by atoms with Crippen molar-refractivity contribution < 1.29 is 0 Å². The van der Waals surface area contributed by atoms with E-state index in [-0.39, 0.29) is 0 Å². The molecule has 0 saturated heterocycles. The number of guanidine groups is 1. The van der Waals surface area contributed by atoms with E-state index in [4.69, 9.17) is 23.1 Å². The molecule has 1 aliphatic rings. The van der Waals surface area contributed by atoms with Gasteiger partial charge in [0.25, 0.3) is 0 Å². The highest BCUT2D eigenvalue weighted by molar-refractivity contribution is 6.31. The summed E-state index contributed by atoms with van der Waals surface area (Å²) >= 11 is 6.07. The molecule has 0 aromatic heterocycles. The molecule has 4 nitrogen and oxygen atoms in total. The minimum Gasteiger partial charge on any atom is -0.370 e. The van der Waals surface area contributed by atoms with Crippen molar-refractivity contribution in [2.45, 2.75) is 12.1 Å². The minimum absolute atomic E-state index is 0.317. The lowest BCUT2D eigenvalue weighted by atomic mass is 10.0. The predicted octanol–water partition coefficient (Wildman–Crippen LogP) is 0.969. The third kappa shape index (κ3) is 2.35. The summed E-state index contributed by atoms with van der Waals surface area (Å²) in [5, 5.41) is 3.46. The van der Waals surface area contributed by atoms with Crippen LogP contribution in [0.3, 0.4) is 0 Å². The normalized spacial score (nSPS) is 23.8. The molecule has 0 saturated carbocycles. The van der Waals surface area contributed by atoms with Gasteiger partial charge in [-0.15, -0.1) is 0 Å². The van der Waals surface area contributed by atoms with E-state index in [0.717, 1.165) is 5.56 Å². The molecule has 5 N–H and O–H groups in total. The zero-order chi connectivity index (χ0) is 11.6. The van der Waals surface area contributed by atoms with E-state index in [1.807, 2.05) is 24.3 Å². The minimum atomic E-state index is -0.819. The number of hydrogen-bond donors (Lipinski definition) is 3. The van der Waals surface area contributed by atoms with Crippen molar-refractivity contribution in [3.8, 4) is 0 Å². The second-order valence-corrected chi connectivity index (χ2v) is 4.14. The van der Waals surface area contributed by atoms with E-state index < -0.39 is 5.66 Å². The van der Waals surface area contributed by atoms with Crippen molar-refractivity contribution >= 4 is 17.6 Å². The van der Waals surface area contributed by atoms with E-state index in [0.29, 0.717) is 17.4 Å². The largest absolute Gasteiger partial charge is 0.370 e. The molecule has 1 aromatic rings. The van der Waals surface area contributed by atoms with Crippen LogP contribution in [-0.4, -0.2) is 11.6 Å². The summed E-state index contributed by atoms with van der Waals surface area (Å²) < 4.78 is 0. The maximum Gasteiger partial charge on any atom is 0.194 e. The lowest BCUT2D eigenvalue weighted by Crippen LogP contribution is -2.45. The monoisotopic (exact) mass is 236 g/mol. The van der Waals surface area contributed by atoms with Gasteiger partial charge in [0.05, 0.1) is 0 Å². The average Bonchev–Trinajstić information content (AvgIpc) is 2.21. The van der Waals surface area contributed by atoms with Crippen LogP contribution < -0.4 is 16.8 Å². The van der Waals surface area contributed by atoms with Crippen LogP contribution in [0.2, 0.25) is 5.02 Å². The van der Waals surface area contributed by atoms with Crippen LogP contribution in [0.25, 0.3) is 0 Å². The molecule has 0 spiro atoms. The maximum atomic E-state index is 6.10. The Morgan fingerprint density at radius 2 is 2.12 bits per heavy atom. The molecule has 1 unspecified atom stereocenters. The lowest BCUT2D eigenvalue weighted by Gasteiger charge is -2.25. The van der Waals surface area contributed by atoms with E-state index >= 15 is 0 Å². The van der Waals surface area contributed by atoms with Gasteiger partial charge in [-0.2, -0.15) is 0 Å². The van der Waals surface area contributed by atoms with Gasteiger partial charge in [0.1, 0.15) is 5.66 Å². The first-order valence-corrected chi connectivity index (χ1v) is 5.29. The van der Waals surface area contributed by atoms with Gasteiger partial charge in [0, 0.05) is 17.6 Å². The van der Waals surface area contributed by atoms with Gasteiger partial charge < -0.3 is 16.8 Å². The maximum absolute atomic E-state index is 6.10.